The zero-order valence-electron chi connectivity index (χ0n) is 9.60. The number of benzene rings is 1. The molecule has 0 spiro atoms. The fourth-order valence-corrected chi connectivity index (χ4v) is 2.87. The third-order valence-corrected chi connectivity index (χ3v) is 3.74. The van der Waals surface area contributed by atoms with Crippen molar-refractivity contribution in [2.45, 2.75) is 12.8 Å². The number of amides is 1. The van der Waals surface area contributed by atoms with Crippen molar-refractivity contribution in [1.29, 1.82) is 0 Å². The molecule has 2 N–H and O–H groups in total. The van der Waals surface area contributed by atoms with E-state index in [0.29, 0.717) is 27.3 Å². The number of rotatable bonds is 2. The maximum atomic E-state index is 12.1. The van der Waals surface area contributed by atoms with Crippen molar-refractivity contribution in [2.24, 2.45) is 5.92 Å². The molecule has 1 saturated heterocycles. The highest BCUT2D eigenvalue weighted by atomic mass is 35.5. The van der Waals surface area contributed by atoms with Crippen LogP contribution in [0.25, 0.3) is 0 Å². The second-order valence-corrected chi connectivity index (χ2v) is 5.53. The number of hydrogen-bond donors (Lipinski definition) is 2. The molecule has 3 nitrogen and oxygen atoms in total. The number of anilines is 1. The van der Waals surface area contributed by atoms with Gasteiger partial charge in [-0.05, 0) is 31.5 Å². The van der Waals surface area contributed by atoms with Gasteiger partial charge in [-0.15, -0.1) is 0 Å². The maximum Gasteiger partial charge on any atom is 0.228 e. The lowest BCUT2D eigenvalue weighted by Crippen LogP contribution is -2.37. The summed E-state index contributed by atoms with van der Waals surface area (Å²) in [5.41, 5.74) is 0.429. The molecule has 0 saturated carbocycles. The Bertz CT molecular complexity index is 436. The zero-order valence-corrected chi connectivity index (χ0v) is 11.9. The first-order valence-electron chi connectivity index (χ1n) is 5.74. The molecule has 1 aliphatic heterocycles. The molecule has 2 rings (SSSR count). The Morgan fingerprint density at radius 3 is 2.50 bits per heavy atom. The van der Waals surface area contributed by atoms with E-state index in [4.69, 9.17) is 34.8 Å². The van der Waals surface area contributed by atoms with Crippen molar-refractivity contribution in [3.05, 3.63) is 27.2 Å². The number of carbonyl (C=O) groups is 1. The highest BCUT2D eigenvalue weighted by molar-refractivity contribution is 6.42. The topological polar surface area (TPSA) is 41.1 Å². The quantitative estimate of drug-likeness (QED) is 0.877. The van der Waals surface area contributed by atoms with Gasteiger partial charge in [0.2, 0.25) is 5.91 Å². The molecule has 0 aromatic heterocycles. The summed E-state index contributed by atoms with van der Waals surface area (Å²) in [6.07, 6.45) is 1.88. The average molecular weight is 308 g/mol. The molecule has 1 aromatic carbocycles. The van der Waals surface area contributed by atoms with Gasteiger partial charge in [-0.3, -0.25) is 4.79 Å². The second-order valence-electron chi connectivity index (χ2n) is 4.28. The predicted octanol–water partition coefficient (Wildman–Crippen LogP) is 3.58. The van der Waals surface area contributed by atoms with Crippen molar-refractivity contribution in [3.8, 4) is 0 Å². The van der Waals surface area contributed by atoms with Gasteiger partial charge in [-0.2, -0.15) is 0 Å². The Balaban J connectivity index is 2.11. The van der Waals surface area contributed by atoms with E-state index >= 15 is 0 Å². The van der Waals surface area contributed by atoms with Crippen LogP contribution in [0.1, 0.15) is 12.8 Å². The number of piperidine rings is 1. The van der Waals surface area contributed by atoms with Gasteiger partial charge in [0, 0.05) is 11.6 Å². The Labute approximate surface area is 121 Å². The van der Waals surface area contributed by atoms with Crippen LogP contribution in [0.3, 0.4) is 0 Å². The maximum absolute atomic E-state index is 12.1. The van der Waals surface area contributed by atoms with E-state index in [1.807, 2.05) is 0 Å². The first-order valence-corrected chi connectivity index (χ1v) is 6.87. The first-order chi connectivity index (χ1) is 8.58. The lowest BCUT2D eigenvalue weighted by molar-refractivity contribution is -0.120. The monoisotopic (exact) mass is 306 g/mol. The average Bonchev–Trinajstić information content (AvgIpc) is 2.34. The number of nitrogens with one attached hydrogen (secondary N) is 2. The SMILES string of the molecule is O=C(Nc1c(Cl)cc(Cl)cc1Cl)[C@H]1CCCNC1. The molecule has 1 amide bonds. The van der Waals surface area contributed by atoms with Gasteiger partial charge in [0.25, 0.3) is 0 Å². The molecule has 0 aliphatic carbocycles. The Hall–Kier alpha value is -0.480. The molecule has 1 fully saturated rings. The van der Waals surface area contributed by atoms with E-state index in [9.17, 15) is 4.79 Å². The lowest BCUT2D eigenvalue weighted by Gasteiger charge is -2.22. The van der Waals surface area contributed by atoms with Crippen molar-refractivity contribution < 1.29 is 4.79 Å². The first kappa shape index (κ1) is 13.9. The van der Waals surface area contributed by atoms with Gasteiger partial charge in [0.15, 0.2) is 0 Å². The Kier molecular flexibility index (Phi) is 4.73. The molecule has 98 valence electrons. The van der Waals surface area contributed by atoms with E-state index in [0.717, 1.165) is 19.4 Å². The predicted molar refractivity (Wildman–Crippen MR) is 75.7 cm³/mol. The van der Waals surface area contributed by atoms with Crippen LogP contribution in [0.5, 0.6) is 0 Å². The molecule has 0 unspecified atom stereocenters. The van der Waals surface area contributed by atoms with Crippen LogP contribution in [-0.2, 0) is 4.79 Å². The molecule has 6 heteroatoms. The smallest absolute Gasteiger partial charge is 0.228 e. The minimum Gasteiger partial charge on any atom is -0.323 e. The standard InChI is InChI=1S/C12H13Cl3N2O/c13-8-4-9(14)11(10(15)5-8)17-12(18)7-2-1-3-16-6-7/h4-5,7,16H,1-3,6H2,(H,17,18)/t7-/m0/s1. The van der Waals surface area contributed by atoms with Crippen molar-refractivity contribution in [1.82, 2.24) is 5.32 Å². The summed E-state index contributed by atoms with van der Waals surface area (Å²) in [6.45, 7) is 1.65. The summed E-state index contributed by atoms with van der Waals surface area (Å²) in [6, 6.07) is 3.12. The van der Waals surface area contributed by atoms with E-state index in [1.165, 1.54) is 0 Å². The van der Waals surface area contributed by atoms with Crippen LogP contribution in [0.15, 0.2) is 12.1 Å². The molecule has 1 atom stereocenters. The summed E-state index contributed by atoms with van der Waals surface area (Å²) in [4.78, 5) is 12.1. The zero-order chi connectivity index (χ0) is 13.1. The van der Waals surface area contributed by atoms with Crippen molar-refractivity contribution in [3.63, 3.8) is 0 Å². The van der Waals surface area contributed by atoms with Crippen molar-refractivity contribution >= 4 is 46.4 Å². The van der Waals surface area contributed by atoms with Gasteiger partial charge in [-0.25, -0.2) is 0 Å². The van der Waals surface area contributed by atoms with Crippen LogP contribution in [-0.4, -0.2) is 19.0 Å². The minimum atomic E-state index is -0.0617. The summed E-state index contributed by atoms with van der Waals surface area (Å²) >= 11 is 17.9. The van der Waals surface area contributed by atoms with Crippen molar-refractivity contribution in [2.75, 3.05) is 18.4 Å². The van der Waals surface area contributed by atoms with Gasteiger partial charge < -0.3 is 10.6 Å². The largest absolute Gasteiger partial charge is 0.323 e. The van der Waals surface area contributed by atoms with Gasteiger partial charge in [0.1, 0.15) is 0 Å². The molecule has 18 heavy (non-hydrogen) atoms. The number of hydrogen-bond acceptors (Lipinski definition) is 2. The highest BCUT2D eigenvalue weighted by Gasteiger charge is 2.22. The second kappa shape index (κ2) is 6.11. The molecule has 0 bridgehead atoms. The highest BCUT2D eigenvalue weighted by Crippen LogP contribution is 2.34. The molecule has 1 heterocycles. The minimum absolute atomic E-state index is 0.0402. The van der Waals surface area contributed by atoms with Crippen LogP contribution in [0.4, 0.5) is 5.69 Å². The van der Waals surface area contributed by atoms with E-state index < -0.39 is 0 Å². The number of carbonyl (C=O) groups excluding carboxylic acids is 1. The third kappa shape index (κ3) is 3.29. The van der Waals surface area contributed by atoms with Crippen LogP contribution in [0, 0.1) is 5.92 Å². The summed E-state index contributed by atoms with van der Waals surface area (Å²) in [5.74, 6) is -0.102. The lowest BCUT2D eigenvalue weighted by atomic mass is 9.99. The fraction of sp³-hybridized carbons (Fsp3) is 0.417. The van der Waals surface area contributed by atoms with Gasteiger partial charge in [0.05, 0.1) is 21.7 Å². The van der Waals surface area contributed by atoms with Crippen LogP contribution < -0.4 is 10.6 Å². The Morgan fingerprint density at radius 1 is 1.28 bits per heavy atom. The van der Waals surface area contributed by atoms with Gasteiger partial charge >= 0.3 is 0 Å². The summed E-state index contributed by atoms with van der Waals surface area (Å²) in [5, 5.41) is 7.12. The molecule has 1 aromatic rings. The Morgan fingerprint density at radius 2 is 1.94 bits per heavy atom. The van der Waals surface area contributed by atoms with E-state index in [-0.39, 0.29) is 11.8 Å². The molecular weight excluding hydrogens is 295 g/mol. The number of halogens is 3. The summed E-state index contributed by atoms with van der Waals surface area (Å²) < 4.78 is 0. The molecule has 0 radical (unpaired) electrons. The van der Waals surface area contributed by atoms with E-state index in [1.54, 1.807) is 12.1 Å². The summed E-state index contributed by atoms with van der Waals surface area (Å²) in [7, 11) is 0. The third-order valence-electron chi connectivity index (χ3n) is 2.92. The van der Waals surface area contributed by atoms with Crippen LogP contribution in [0.2, 0.25) is 15.1 Å². The molecule has 1 aliphatic rings. The van der Waals surface area contributed by atoms with Gasteiger partial charge in [-0.1, -0.05) is 34.8 Å². The van der Waals surface area contributed by atoms with Crippen LogP contribution >= 0.6 is 34.8 Å². The molecular formula is C12H13Cl3N2O. The van der Waals surface area contributed by atoms with E-state index in [2.05, 4.69) is 10.6 Å². The normalized spacial score (nSPS) is 19.6. The fourth-order valence-electron chi connectivity index (χ4n) is 1.96.